The van der Waals surface area contributed by atoms with Gasteiger partial charge < -0.3 is 33.2 Å². The van der Waals surface area contributed by atoms with E-state index >= 15 is 0 Å². The molecule has 0 bridgehead atoms. The fourth-order valence-electron chi connectivity index (χ4n) is 2.94. The Bertz CT molecular complexity index is 275. The molecule has 0 spiro atoms. The fraction of sp³-hybridized carbons (Fsp3) is 1.00. The molecule has 7 nitrogen and oxygen atoms in total. The van der Waals surface area contributed by atoms with Crippen molar-refractivity contribution in [2.75, 3.05) is 79.3 Å². The van der Waals surface area contributed by atoms with Gasteiger partial charge in [0, 0.05) is 0 Å². The van der Waals surface area contributed by atoms with E-state index in [2.05, 4.69) is 0 Å². The first-order chi connectivity index (χ1) is 12.5. The second-order valence-electron chi connectivity index (χ2n) is 6.16. The molecule has 1 aliphatic heterocycles. The first kappa shape index (κ1) is 21.0. The molecule has 2 unspecified atom stereocenters. The highest BCUT2D eigenvalue weighted by Gasteiger charge is 2.26. The SMILES string of the molecule is C1CCC2OCCOCCOCCOCCOCCOCCOC2C1. The topological polar surface area (TPSA) is 64.6 Å². The Morgan fingerprint density at radius 2 is 0.640 bits per heavy atom. The van der Waals surface area contributed by atoms with Crippen LogP contribution in [-0.4, -0.2) is 91.5 Å². The highest BCUT2D eigenvalue weighted by molar-refractivity contribution is 4.76. The van der Waals surface area contributed by atoms with Crippen molar-refractivity contribution in [2.24, 2.45) is 0 Å². The third-order valence-corrected chi connectivity index (χ3v) is 4.25. The predicted molar refractivity (Wildman–Crippen MR) is 92.0 cm³/mol. The molecule has 25 heavy (non-hydrogen) atoms. The van der Waals surface area contributed by atoms with Crippen molar-refractivity contribution in [2.45, 2.75) is 37.9 Å². The maximum atomic E-state index is 5.97. The Hall–Kier alpha value is -0.280. The molecule has 1 aliphatic carbocycles. The lowest BCUT2D eigenvalue weighted by molar-refractivity contribution is -0.111. The Labute approximate surface area is 151 Å². The van der Waals surface area contributed by atoms with Crippen LogP contribution in [0.15, 0.2) is 0 Å². The second-order valence-corrected chi connectivity index (χ2v) is 6.16. The third-order valence-electron chi connectivity index (χ3n) is 4.25. The van der Waals surface area contributed by atoms with E-state index < -0.39 is 0 Å². The van der Waals surface area contributed by atoms with Crippen LogP contribution in [0.4, 0.5) is 0 Å². The van der Waals surface area contributed by atoms with Crippen molar-refractivity contribution in [3.63, 3.8) is 0 Å². The van der Waals surface area contributed by atoms with Gasteiger partial charge in [-0.05, 0) is 12.8 Å². The number of hydrogen-bond acceptors (Lipinski definition) is 7. The average Bonchev–Trinajstić information content (AvgIpc) is 2.64. The molecule has 0 aromatic heterocycles. The summed E-state index contributed by atoms with van der Waals surface area (Å²) < 4.78 is 39.3. The van der Waals surface area contributed by atoms with Crippen molar-refractivity contribution in [1.82, 2.24) is 0 Å². The quantitative estimate of drug-likeness (QED) is 0.646. The lowest BCUT2D eigenvalue weighted by Gasteiger charge is -2.31. The molecule has 0 aromatic carbocycles. The van der Waals surface area contributed by atoms with Gasteiger partial charge in [-0.25, -0.2) is 0 Å². The lowest BCUT2D eigenvalue weighted by Crippen LogP contribution is -2.36. The summed E-state index contributed by atoms with van der Waals surface area (Å²) in [6, 6.07) is 0. The largest absolute Gasteiger partial charge is 0.377 e. The summed E-state index contributed by atoms with van der Waals surface area (Å²) in [4.78, 5) is 0. The molecule has 0 amide bonds. The van der Waals surface area contributed by atoms with Gasteiger partial charge in [-0.15, -0.1) is 0 Å². The van der Waals surface area contributed by atoms with Crippen LogP contribution < -0.4 is 0 Å². The summed E-state index contributed by atoms with van der Waals surface area (Å²) in [6.07, 6.45) is 4.86. The molecule has 0 N–H and O–H groups in total. The van der Waals surface area contributed by atoms with Gasteiger partial charge in [0.2, 0.25) is 0 Å². The summed E-state index contributed by atoms with van der Waals surface area (Å²) >= 11 is 0. The zero-order valence-electron chi connectivity index (χ0n) is 15.3. The zero-order valence-corrected chi connectivity index (χ0v) is 15.3. The Balaban J connectivity index is 1.65. The lowest BCUT2D eigenvalue weighted by atomic mass is 9.94. The molecular formula is C18H34O7. The van der Waals surface area contributed by atoms with Crippen molar-refractivity contribution in [1.29, 1.82) is 0 Å². The van der Waals surface area contributed by atoms with E-state index in [1.807, 2.05) is 0 Å². The van der Waals surface area contributed by atoms with Crippen LogP contribution in [0.25, 0.3) is 0 Å². The van der Waals surface area contributed by atoms with Crippen molar-refractivity contribution < 1.29 is 33.2 Å². The van der Waals surface area contributed by atoms with Crippen LogP contribution in [0.5, 0.6) is 0 Å². The first-order valence-corrected chi connectivity index (χ1v) is 9.59. The summed E-state index contributed by atoms with van der Waals surface area (Å²) in [5.41, 5.74) is 0. The van der Waals surface area contributed by atoms with E-state index in [9.17, 15) is 0 Å². The number of ether oxygens (including phenoxy) is 7. The van der Waals surface area contributed by atoms with Gasteiger partial charge in [-0.2, -0.15) is 0 Å². The van der Waals surface area contributed by atoms with Gasteiger partial charge in [0.25, 0.3) is 0 Å². The van der Waals surface area contributed by atoms with Crippen molar-refractivity contribution in [3.8, 4) is 0 Å². The van der Waals surface area contributed by atoms with E-state index in [4.69, 9.17) is 33.2 Å². The molecule has 0 radical (unpaired) electrons. The minimum atomic E-state index is 0.170. The number of fused-ring (bicyclic) bond motifs is 1. The van der Waals surface area contributed by atoms with Gasteiger partial charge >= 0.3 is 0 Å². The van der Waals surface area contributed by atoms with Crippen molar-refractivity contribution >= 4 is 0 Å². The van der Waals surface area contributed by atoms with E-state index in [1.165, 1.54) is 12.8 Å². The minimum Gasteiger partial charge on any atom is -0.377 e. The highest BCUT2D eigenvalue weighted by atomic mass is 16.6. The Morgan fingerprint density at radius 1 is 0.360 bits per heavy atom. The molecule has 2 atom stereocenters. The van der Waals surface area contributed by atoms with Gasteiger partial charge in [-0.3, -0.25) is 0 Å². The molecule has 1 heterocycles. The van der Waals surface area contributed by atoms with Gasteiger partial charge in [0.1, 0.15) is 0 Å². The molecule has 0 aromatic rings. The summed E-state index contributed by atoms with van der Waals surface area (Å²) in [6.45, 7) is 6.97. The molecule has 148 valence electrons. The number of hydrogen-bond donors (Lipinski definition) is 0. The Morgan fingerprint density at radius 3 is 0.960 bits per heavy atom. The van der Waals surface area contributed by atoms with E-state index in [1.54, 1.807) is 0 Å². The molecule has 7 heteroatoms. The maximum absolute atomic E-state index is 5.97. The van der Waals surface area contributed by atoms with Crippen LogP contribution >= 0.6 is 0 Å². The molecule has 2 fully saturated rings. The Kier molecular flexibility index (Phi) is 12.5. The van der Waals surface area contributed by atoms with Crippen LogP contribution in [0.1, 0.15) is 25.7 Å². The predicted octanol–water partition coefficient (Wildman–Crippen LogP) is 1.43. The third kappa shape index (κ3) is 10.5. The zero-order chi connectivity index (χ0) is 17.4. The molecule has 1 saturated heterocycles. The van der Waals surface area contributed by atoms with E-state index in [-0.39, 0.29) is 12.2 Å². The standard InChI is InChI=1S/C18H34O7/c1-2-4-18-17(3-1)24-15-13-22-11-9-20-7-5-19-6-8-21-10-12-23-14-16-25-18/h17-18H,1-16H2. The minimum absolute atomic E-state index is 0.170. The molecule has 2 aliphatic rings. The van der Waals surface area contributed by atoms with Gasteiger partial charge in [0.15, 0.2) is 0 Å². The van der Waals surface area contributed by atoms with Crippen molar-refractivity contribution in [3.05, 3.63) is 0 Å². The average molecular weight is 362 g/mol. The van der Waals surface area contributed by atoms with Crippen LogP contribution in [0.2, 0.25) is 0 Å². The summed E-state index contributed by atoms with van der Waals surface area (Å²) in [5, 5.41) is 0. The fourth-order valence-corrected chi connectivity index (χ4v) is 2.94. The van der Waals surface area contributed by atoms with Crippen LogP contribution in [0, 0.1) is 0 Å². The maximum Gasteiger partial charge on any atom is 0.0837 e. The molecule has 1 saturated carbocycles. The summed E-state index contributed by atoms with van der Waals surface area (Å²) in [5.74, 6) is 0. The monoisotopic (exact) mass is 362 g/mol. The second kappa shape index (κ2) is 14.8. The van der Waals surface area contributed by atoms with Crippen LogP contribution in [0.3, 0.4) is 0 Å². The van der Waals surface area contributed by atoms with Gasteiger partial charge in [-0.1, -0.05) is 12.8 Å². The van der Waals surface area contributed by atoms with E-state index in [0.29, 0.717) is 79.3 Å². The smallest absolute Gasteiger partial charge is 0.0837 e. The number of rotatable bonds is 0. The van der Waals surface area contributed by atoms with E-state index in [0.717, 1.165) is 12.8 Å². The van der Waals surface area contributed by atoms with Crippen LogP contribution in [-0.2, 0) is 33.2 Å². The molecular weight excluding hydrogens is 328 g/mol. The first-order valence-electron chi connectivity index (χ1n) is 9.59. The normalized spacial score (nSPS) is 30.7. The summed E-state index contributed by atoms with van der Waals surface area (Å²) in [7, 11) is 0. The molecule has 2 rings (SSSR count). The highest BCUT2D eigenvalue weighted by Crippen LogP contribution is 2.23. The van der Waals surface area contributed by atoms with Gasteiger partial charge in [0.05, 0.1) is 91.5 Å².